The number of nitrogens with one attached hydrogen (secondary N) is 1. The number of hydrogen-bond donors (Lipinski definition) is 1. The zero-order chi connectivity index (χ0) is 23.7. The Balaban J connectivity index is 1.59. The number of amides is 2. The van der Waals surface area contributed by atoms with E-state index in [0.29, 0.717) is 0 Å². The van der Waals surface area contributed by atoms with Gasteiger partial charge in [-0.25, -0.2) is 4.39 Å². The summed E-state index contributed by atoms with van der Waals surface area (Å²) in [4.78, 5) is 29.1. The van der Waals surface area contributed by atoms with Gasteiger partial charge < -0.3 is 14.8 Å². The normalized spacial score (nSPS) is 19.5. The van der Waals surface area contributed by atoms with Crippen LogP contribution in [0.15, 0.2) is 53.6 Å². The summed E-state index contributed by atoms with van der Waals surface area (Å²) < 4.78 is 15.6. The molecule has 2 heterocycles. The lowest BCUT2D eigenvalue weighted by atomic mass is 10.0. The number of nitrogens with zero attached hydrogens (tertiary/aromatic N) is 2. The minimum atomic E-state index is -0.739. The lowest BCUT2D eigenvalue weighted by Crippen LogP contribution is -2.46. The summed E-state index contributed by atoms with van der Waals surface area (Å²) in [5.41, 5.74) is 2.74. The van der Waals surface area contributed by atoms with Crippen LogP contribution in [0.1, 0.15) is 55.7 Å². The van der Waals surface area contributed by atoms with Crippen LogP contribution in [0.5, 0.6) is 0 Å². The number of rotatable bonds is 4. The summed E-state index contributed by atoms with van der Waals surface area (Å²) in [7, 11) is 1.99. The van der Waals surface area contributed by atoms with Crippen molar-refractivity contribution in [2.45, 2.75) is 62.2 Å². The van der Waals surface area contributed by atoms with Gasteiger partial charge in [-0.15, -0.1) is 0 Å². The van der Waals surface area contributed by atoms with Crippen molar-refractivity contribution in [2.24, 2.45) is 7.05 Å². The van der Waals surface area contributed by atoms with E-state index >= 15 is 0 Å². The second-order valence-corrected chi connectivity index (χ2v) is 10.3. The molecule has 2 aliphatic rings. The number of aromatic nitrogens is 1. The molecular weight excluding hydrogens is 449 g/mol. The van der Waals surface area contributed by atoms with E-state index in [4.69, 9.17) is 0 Å². The number of carbonyl (C=O) groups excluding carboxylic acids is 2. The predicted octanol–water partition coefficient (Wildman–Crippen LogP) is 5.33. The van der Waals surface area contributed by atoms with Crippen molar-refractivity contribution in [1.82, 2.24) is 14.8 Å². The van der Waals surface area contributed by atoms with Crippen LogP contribution >= 0.6 is 11.8 Å². The van der Waals surface area contributed by atoms with Crippen LogP contribution in [-0.2, 0) is 23.2 Å². The highest BCUT2D eigenvalue weighted by atomic mass is 32.2. The van der Waals surface area contributed by atoms with Crippen molar-refractivity contribution in [1.29, 1.82) is 0 Å². The number of para-hydroxylation sites is 1. The summed E-state index contributed by atoms with van der Waals surface area (Å²) in [6.07, 6.45) is 6.58. The molecule has 1 fully saturated rings. The van der Waals surface area contributed by atoms with E-state index in [0.717, 1.165) is 52.7 Å². The largest absolute Gasteiger partial charge is 0.351 e. The van der Waals surface area contributed by atoms with Crippen molar-refractivity contribution in [3.05, 3.63) is 65.5 Å². The van der Waals surface area contributed by atoms with Gasteiger partial charge in [0.1, 0.15) is 11.9 Å². The molecule has 0 saturated heterocycles. The van der Waals surface area contributed by atoms with Gasteiger partial charge in [0, 0.05) is 36.1 Å². The molecule has 1 aliphatic carbocycles. The maximum atomic E-state index is 14.0. The number of carbonyl (C=O) groups is 2. The van der Waals surface area contributed by atoms with E-state index < -0.39 is 6.04 Å². The average Bonchev–Trinajstić information content (AvgIpc) is 3.01. The third kappa shape index (κ3) is 4.45. The molecule has 7 heteroatoms. The first-order valence-corrected chi connectivity index (χ1v) is 13.1. The molecule has 1 aliphatic heterocycles. The lowest BCUT2D eigenvalue weighted by molar-refractivity contribution is -0.140. The van der Waals surface area contributed by atoms with E-state index in [1.165, 1.54) is 36.7 Å². The summed E-state index contributed by atoms with van der Waals surface area (Å²) in [5, 5.41) is 5.25. The van der Waals surface area contributed by atoms with Gasteiger partial charge in [-0.2, -0.15) is 0 Å². The van der Waals surface area contributed by atoms with Gasteiger partial charge in [-0.3, -0.25) is 9.59 Å². The number of thioether (sulfide) groups is 1. The van der Waals surface area contributed by atoms with E-state index in [9.17, 15) is 14.0 Å². The highest BCUT2D eigenvalue weighted by molar-refractivity contribution is 8.00. The molecular formula is C27H30FN3O2S. The zero-order valence-corrected chi connectivity index (χ0v) is 20.2. The number of fused-ring (bicyclic) bond motifs is 3. The van der Waals surface area contributed by atoms with E-state index in [2.05, 4.69) is 16.0 Å². The van der Waals surface area contributed by atoms with Gasteiger partial charge in [0.05, 0.1) is 10.8 Å². The Morgan fingerprint density at radius 1 is 1.06 bits per heavy atom. The van der Waals surface area contributed by atoms with Crippen LogP contribution in [0, 0.1) is 5.82 Å². The van der Waals surface area contributed by atoms with Crippen molar-refractivity contribution < 1.29 is 14.0 Å². The third-order valence-corrected chi connectivity index (χ3v) is 8.20. The molecule has 1 aromatic heterocycles. The molecule has 178 valence electrons. The monoisotopic (exact) mass is 479 g/mol. The first-order chi connectivity index (χ1) is 16.5. The highest BCUT2D eigenvalue weighted by Gasteiger charge is 2.39. The summed E-state index contributed by atoms with van der Waals surface area (Å²) >= 11 is 1.49. The third-order valence-electron chi connectivity index (χ3n) is 7.04. The van der Waals surface area contributed by atoms with Gasteiger partial charge in [0.2, 0.25) is 11.8 Å². The first kappa shape index (κ1) is 23.0. The SMILES string of the molecule is Cn1c2c(c3ccccc31)[C@H](C(=O)NC1CCCCCC1)N(Cc1ccc(F)cc1)C(=O)CS2. The second-order valence-electron chi connectivity index (χ2n) is 9.33. The number of benzene rings is 2. The molecule has 2 aromatic carbocycles. The lowest BCUT2D eigenvalue weighted by Gasteiger charge is -2.31. The standard InChI is InChI=1S/C27H30FN3O2S/c1-30-22-11-7-6-10-21(22)24-25(26(33)29-20-8-4-2-3-5-9-20)31(23(32)17-34-27(24)30)16-18-12-14-19(28)15-13-18/h6-7,10-15,20,25H,2-5,8-9,16-17H2,1H3,(H,29,33)/t25-/m1/s1. The minimum Gasteiger partial charge on any atom is -0.351 e. The fraction of sp³-hybridized carbons (Fsp3) is 0.407. The van der Waals surface area contributed by atoms with Gasteiger partial charge >= 0.3 is 0 Å². The van der Waals surface area contributed by atoms with Crippen LogP contribution in [0.25, 0.3) is 10.9 Å². The number of aryl methyl sites for hydroxylation is 1. The summed E-state index contributed by atoms with van der Waals surface area (Å²) in [5.74, 6) is -0.274. The molecule has 2 amide bonds. The molecule has 0 bridgehead atoms. The quantitative estimate of drug-likeness (QED) is 0.515. The predicted molar refractivity (Wildman–Crippen MR) is 133 cm³/mol. The van der Waals surface area contributed by atoms with Crippen LogP contribution < -0.4 is 5.32 Å². The zero-order valence-electron chi connectivity index (χ0n) is 19.4. The van der Waals surface area contributed by atoms with Gasteiger partial charge in [-0.1, -0.05) is 67.8 Å². The Morgan fingerprint density at radius 3 is 2.50 bits per heavy atom. The molecule has 0 spiro atoms. The van der Waals surface area contributed by atoms with Gasteiger partial charge in [-0.05, 0) is 36.6 Å². The Kier molecular flexibility index (Phi) is 6.63. The van der Waals surface area contributed by atoms with Crippen molar-refractivity contribution in [2.75, 3.05) is 5.75 Å². The molecule has 5 rings (SSSR count). The van der Waals surface area contributed by atoms with Gasteiger partial charge in [0.15, 0.2) is 0 Å². The minimum absolute atomic E-state index is 0.0874. The number of halogens is 1. The maximum Gasteiger partial charge on any atom is 0.247 e. The van der Waals surface area contributed by atoms with E-state index in [1.54, 1.807) is 17.0 Å². The van der Waals surface area contributed by atoms with Crippen LogP contribution in [0.4, 0.5) is 4.39 Å². The Bertz CT molecular complexity index is 1200. The maximum absolute atomic E-state index is 14.0. The van der Waals surface area contributed by atoms with Crippen LogP contribution in [0.2, 0.25) is 0 Å². The molecule has 34 heavy (non-hydrogen) atoms. The molecule has 5 nitrogen and oxygen atoms in total. The Morgan fingerprint density at radius 2 is 1.76 bits per heavy atom. The molecule has 3 aromatic rings. The van der Waals surface area contributed by atoms with Crippen LogP contribution in [0.3, 0.4) is 0 Å². The van der Waals surface area contributed by atoms with Gasteiger partial charge in [0.25, 0.3) is 0 Å². The topological polar surface area (TPSA) is 54.3 Å². The Labute approximate surface area is 203 Å². The van der Waals surface area contributed by atoms with Crippen LogP contribution in [-0.4, -0.2) is 33.1 Å². The molecule has 0 radical (unpaired) electrons. The molecule has 1 atom stereocenters. The summed E-state index contributed by atoms with van der Waals surface area (Å²) in [6, 6.07) is 13.6. The summed E-state index contributed by atoms with van der Waals surface area (Å²) in [6.45, 7) is 0.255. The molecule has 1 saturated carbocycles. The fourth-order valence-electron chi connectivity index (χ4n) is 5.29. The first-order valence-electron chi connectivity index (χ1n) is 12.1. The van der Waals surface area contributed by atoms with Crippen molar-refractivity contribution >= 4 is 34.5 Å². The van der Waals surface area contributed by atoms with Crippen molar-refractivity contribution in [3.63, 3.8) is 0 Å². The molecule has 0 unspecified atom stereocenters. The molecule has 1 N–H and O–H groups in total. The fourth-order valence-corrected chi connectivity index (χ4v) is 6.39. The highest BCUT2D eigenvalue weighted by Crippen LogP contribution is 2.42. The second kappa shape index (κ2) is 9.82. The van der Waals surface area contributed by atoms with E-state index in [-0.39, 0.29) is 36.0 Å². The van der Waals surface area contributed by atoms with Crippen molar-refractivity contribution in [3.8, 4) is 0 Å². The van der Waals surface area contributed by atoms with E-state index in [1.807, 2.05) is 25.2 Å². The average molecular weight is 480 g/mol. The Hall–Kier alpha value is -2.80. The number of hydrogen-bond acceptors (Lipinski definition) is 3. The smallest absolute Gasteiger partial charge is 0.247 e.